The first-order valence-corrected chi connectivity index (χ1v) is 9.77. The number of hydrogen-bond donors (Lipinski definition) is 1. The van der Waals surface area contributed by atoms with Crippen molar-refractivity contribution in [1.82, 2.24) is 9.62 Å². The van der Waals surface area contributed by atoms with E-state index in [4.69, 9.17) is 0 Å². The molecule has 1 aliphatic heterocycles. The minimum absolute atomic E-state index is 0.0798. The lowest BCUT2D eigenvalue weighted by molar-refractivity contribution is -0.308. The van der Waals surface area contributed by atoms with Crippen molar-refractivity contribution in [3.8, 4) is 0 Å². The second kappa shape index (κ2) is 7.97. The number of carboxylic acid groups (broad SMARTS) is 1. The van der Waals surface area contributed by atoms with Gasteiger partial charge in [0.15, 0.2) is 0 Å². The van der Waals surface area contributed by atoms with Crippen molar-refractivity contribution >= 4 is 21.9 Å². The van der Waals surface area contributed by atoms with E-state index in [-0.39, 0.29) is 22.8 Å². The molecule has 1 N–H and O–H groups in total. The number of nitrogens with one attached hydrogen (secondary N) is 1. The van der Waals surface area contributed by atoms with Crippen LogP contribution in [-0.2, 0) is 14.8 Å². The van der Waals surface area contributed by atoms with Crippen LogP contribution in [-0.4, -0.2) is 43.7 Å². The van der Waals surface area contributed by atoms with Gasteiger partial charge in [0.05, 0.1) is 16.9 Å². The van der Waals surface area contributed by atoms with Crippen LogP contribution in [0.3, 0.4) is 0 Å². The number of hydrogen-bond acceptors (Lipinski definition) is 5. The van der Waals surface area contributed by atoms with Gasteiger partial charge in [0.1, 0.15) is 0 Å². The summed E-state index contributed by atoms with van der Waals surface area (Å²) in [6.07, 6.45) is 1.95. The van der Waals surface area contributed by atoms with Gasteiger partial charge in [-0.1, -0.05) is 13.8 Å². The fraction of sp³-hybridized carbons (Fsp3) is 0.529. The monoisotopic (exact) mass is 367 g/mol. The number of nitrogens with zero attached hydrogens (tertiary/aromatic N) is 1. The molecule has 2 rings (SSSR count). The van der Waals surface area contributed by atoms with Gasteiger partial charge in [-0.25, -0.2) is 8.42 Å². The average molecular weight is 367 g/mol. The summed E-state index contributed by atoms with van der Waals surface area (Å²) < 4.78 is 26.3. The Labute approximate surface area is 148 Å². The van der Waals surface area contributed by atoms with E-state index in [0.717, 1.165) is 12.8 Å². The number of amides is 1. The maximum absolute atomic E-state index is 12.4. The first kappa shape index (κ1) is 19.4. The van der Waals surface area contributed by atoms with Crippen LogP contribution in [0.5, 0.6) is 0 Å². The molecule has 1 amide bonds. The SMILES string of the molecule is CC(C)C[C@H](NC(=O)c1ccc(S(=O)(=O)N2CCCC2)cc1)C(=O)[O-]. The van der Waals surface area contributed by atoms with Gasteiger partial charge in [0.25, 0.3) is 5.91 Å². The van der Waals surface area contributed by atoms with Crippen LogP contribution < -0.4 is 10.4 Å². The van der Waals surface area contributed by atoms with Crippen molar-refractivity contribution in [2.24, 2.45) is 5.92 Å². The van der Waals surface area contributed by atoms with Crippen molar-refractivity contribution in [3.05, 3.63) is 29.8 Å². The summed E-state index contributed by atoms with van der Waals surface area (Å²) in [5, 5.41) is 13.5. The van der Waals surface area contributed by atoms with Crippen LogP contribution in [0.2, 0.25) is 0 Å². The fourth-order valence-corrected chi connectivity index (χ4v) is 4.30. The first-order valence-electron chi connectivity index (χ1n) is 8.33. The topological polar surface area (TPSA) is 107 Å². The largest absolute Gasteiger partial charge is 0.548 e. The fourth-order valence-electron chi connectivity index (χ4n) is 2.78. The highest BCUT2D eigenvalue weighted by Gasteiger charge is 2.27. The number of benzene rings is 1. The van der Waals surface area contributed by atoms with Crippen molar-refractivity contribution in [2.45, 2.75) is 44.0 Å². The van der Waals surface area contributed by atoms with Gasteiger partial charge in [-0.3, -0.25) is 4.79 Å². The minimum atomic E-state index is -3.54. The molecule has 1 fully saturated rings. The summed E-state index contributed by atoms with van der Waals surface area (Å²) in [4.78, 5) is 23.4. The van der Waals surface area contributed by atoms with Crippen molar-refractivity contribution in [1.29, 1.82) is 0 Å². The molecule has 0 saturated carbocycles. The lowest BCUT2D eigenvalue weighted by atomic mass is 10.0. The Balaban J connectivity index is 2.10. The summed E-state index contributed by atoms with van der Waals surface area (Å²) in [5.74, 6) is -1.83. The first-order chi connectivity index (χ1) is 11.7. The van der Waals surface area contributed by atoms with Crippen molar-refractivity contribution in [2.75, 3.05) is 13.1 Å². The summed E-state index contributed by atoms with van der Waals surface area (Å²) in [7, 11) is -3.54. The van der Waals surface area contributed by atoms with Crippen molar-refractivity contribution in [3.63, 3.8) is 0 Å². The Morgan fingerprint density at radius 1 is 1.16 bits per heavy atom. The smallest absolute Gasteiger partial charge is 0.251 e. The molecule has 1 saturated heterocycles. The molecule has 0 unspecified atom stereocenters. The summed E-state index contributed by atoms with van der Waals surface area (Å²) >= 11 is 0. The molecule has 0 spiro atoms. The number of rotatable bonds is 7. The Morgan fingerprint density at radius 2 is 1.72 bits per heavy atom. The molecule has 8 heteroatoms. The van der Waals surface area contributed by atoms with Gasteiger partial charge in [-0.05, 0) is 49.4 Å². The lowest BCUT2D eigenvalue weighted by Crippen LogP contribution is -2.48. The van der Waals surface area contributed by atoms with Crippen LogP contribution in [0, 0.1) is 5.92 Å². The van der Waals surface area contributed by atoms with Gasteiger partial charge in [0.2, 0.25) is 10.0 Å². The van der Waals surface area contributed by atoms with Gasteiger partial charge >= 0.3 is 0 Å². The zero-order chi connectivity index (χ0) is 18.6. The second-order valence-corrected chi connectivity index (χ2v) is 8.55. The predicted octanol–water partition coefficient (Wildman–Crippen LogP) is 0.366. The highest BCUT2D eigenvalue weighted by atomic mass is 32.2. The summed E-state index contributed by atoms with van der Waals surface area (Å²) in [6.45, 7) is 4.71. The quantitative estimate of drug-likeness (QED) is 0.749. The molecule has 0 aliphatic carbocycles. The molecule has 1 aromatic rings. The van der Waals surface area contributed by atoms with Crippen LogP contribution in [0.4, 0.5) is 0 Å². The van der Waals surface area contributed by atoms with E-state index >= 15 is 0 Å². The highest BCUT2D eigenvalue weighted by Crippen LogP contribution is 2.21. The molecule has 138 valence electrons. The lowest BCUT2D eigenvalue weighted by Gasteiger charge is -2.21. The summed E-state index contributed by atoms with van der Waals surface area (Å²) in [6, 6.07) is 4.44. The van der Waals surface area contributed by atoms with E-state index in [1.807, 2.05) is 13.8 Å². The van der Waals surface area contributed by atoms with E-state index in [2.05, 4.69) is 5.32 Å². The predicted molar refractivity (Wildman–Crippen MR) is 90.2 cm³/mol. The Morgan fingerprint density at radius 3 is 2.20 bits per heavy atom. The van der Waals surface area contributed by atoms with Crippen LogP contribution in [0.25, 0.3) is 0 Å². The molecule has 25 heavy (non-hydrogen) atoms. The zero-order valence-corrected chi connectivity index (χ0v) is 15.2. The second-order valence-electron chi connectivity index (χ2n) is 6.61. The maximum atomic E-state index is 12.4. The zero-order valence-electron chi connectivity index (χ0n) is 14.4. The third-order valence-corrected chi connectivity index (χ3v) is 6.03. The highest BCUT2D eigenvalue weighted by molar-refractivity contribution is 7.89. The standard InChI is InChI=1S/C17H24N2O5S/c1-12(2)11-15(17(21)22)18-16(20)13-5-7-14(8-6-13)25(23,24)19-9-3-4-10-19/h5-8,12,15H,3-4,9-11H2,1-2H3,(H,18,20)(H,21,22)/p-1/t15-/m0/s1. The van der Waals surface area contributed by atoms with E-state index in [0.29, 0.717) is 13.1 Å². The van der Waals surface area contributed by atoms with Crippen LogP contribution >= 0.6 is 0 Å². The third kappa shape index (κ3) is 4.79. The molecule has 1 heterocycles. The Kier molecular flexibility index (Phi) is 6.18. The summed E-state index contributed by atoms with van der Waals surface area (Å²) in [5.41, 5.74) is 0.204. The minimum Gasteiger partial charge on any atom is -0.548 e. The average Bonchev–Trinajstić information content (AvgIpc) is 3.09. The van der Waals surface area contributed by atoms with Gasteiger partial charge in [-0.2, -0.15) is 4.31 Å². The van der Waals surface area contributed by atoms with E-state index < -0.39 is 27.9 Å². The molecule has 1 atom stereocenters. The normalized spacial score (nSPS) is 16.8. The Bertz CT molecular complexity index is 722. The number of sulfonamides is 1. The number of aliphatic carboxylic acids is 1. The number of carbonyl (C=O) groups excluding carboxylic acids is 2. The Hall–Kier alpha value is -1.93. The molecule has 7 nitrogen and oxygen atoms in total. The molecule has 0 aromatic heterocycles. The molecular formula is C17H23N2O5S-. The molecule has 1 aliphatic rings. The molecular weight excluding hydrogens is 344 g/mol. The van der Waals surface area contributed by atoms with E-state index in [9.17, 15) is 23.1 Å². The van der Waals surface area contributed by atoms with Crippen LogP contribution in [0.1, 0.15) is 43.5 Å². The van der Waals surface area contributed by atoms with Crippen molar-refractivity contribution < 1.29 is 23.1 Å². The third-order valence-electron chi connectivity index (χ3n) is 4.12. The number of carbonyl (C=O) groups is 2. The molecule has 0 radical (unpaired) electrons. The maximum Gasteiger partial charge on any atom is 0.251 e. The number of carboxylic acids is 1. The van der Waals surface area contributed by atoms with Gasteiger partial charge < -0.3 is 15.2 Å². The van der Waals surface area contributed by atoms with Gasteiger partial charge in [0, 0.05) is 18.7 Å². The van der Waals surface area contributed by atoms with Crippen LogP contribution in [0.15, 0.2) is 29.2 Å². The van der Waals surface area contributed by atoms with Gasteiger partial charge in [-0.15, -0.1) is 0 Å². The van der Waals surface area contributed by atoms with E-state index in [1.54, 1.807) is 0 Å². The molecule has 0 bridgehead atoms. The van der Waals surface area contributed by atoms with E-state index in [1.165, 1.54) is 28.6 Å². The molecule has 1 aromatic carbocycles.